The van der Waals surface area contributed by atoms with Crippen LogP contribution < -0.4 is 10.6 Å². The van der Waals surface area contributed by atoms with Crippen molar-refractivity contribution < 1.29 is 14.7 Å². The Bertz CT molecular complexity index is 235. The Morgan fingerprint density at radius 1 is 1.64 bits per heavy atom. The van der Waals surface area contributed by atoms with E-state index in [2.05, 4.69) is 10.6 Å². The highest BCUT2D eigenvalue weighted by molar-refractivity contribution is 8.00. The maximum absolute atomic E-state index is 11.2. The summed E-state index contributed by atoms with van der Waals surface area (Å²) in [5, 5.41) is 14.2. The van der Waals surface area contributed by atoms with E-state index in [0.717, 1.165) is 0 Å². The van der Waals surface area contributed by atoms with E-state index in [1.165, 1.54) is 11.8 Å². The van der Waals surface area contributed by atoms with Gasteiger partial charge >= 0.3 is 5.97 Å². The molecule has 5 nitrogen and oxygen atoms in total. The lowest BCUT2D eigenvalue weighted by atomic mass is 10.3. The SMILES string of the molecule is CCNC(=O)CC1NC(C(=O)O)CS1. The van der Waals surface area contributed by atoms with Crippen LogP contribution in [0.5, 0.6) is 0 Å². The molecule has 1 rings (SSSR count). The molecule has 14 heavy (non-hydrogen) atoms. The number of amides is 1. The average Bonchev–Trinajstić information content (AvgIpc) is 2.53. The number of carbonyl (C=O) groups excluding carboxylic acids is 1. The highest BCUT2D eigenvalue weighted by Gasteiger charge is 2.30. The smallest absolute Gasteiger partial charge is 0.321 e. The molecule has 1 fully saturated rings. The summed E-state index contributed by atoms with van der Waals surface area (Å²) in [6, 6.07) is -0.514. The lowest BCUT2D eigenvalue weighted by Crippen LogP contribution is -2.38. The first-order chi connectivity index (χ1) is 6.63. The lowest BCUT2D eigenvalue weighted by molar-refractivity contribution is -0.138. The molecule has 1 amide bonds. The summed E-state index contributed by atoms with van der Waals surface area (Å²) in [4.78, 5) is 21.7. The Kier molecular flexibility index (Phi) is 4.21. The Balaban J connectivity index is 2.28. The number of carbonyl (C=O) groups is 2. The monoisotopic (exact) mass is 218 g/mol. The van der Waals surface area contributed by atoms with E-state index in [4.69, 9.17) is 5.11 Å². The molecule has 1 saturated heterocycles. The van der Waals surface area contributed by atoms with E-state index in [9.17, 15) is 9.59 Å². The van der Waals surface area contributed by atoms with E-state index >= 15 is 0 Å². The number of nitrogens with one attached hydrogen (secondary N) is 2. The molecule has 3 N–H and O–H groups in total. The predicted octanol–water partition coefficient (Wildman–Crippen LogP) is -0.372. The van der Waals surface area contributed by atoms with Gasteiger partial charge in [-0.1, -0.05) is 0 Å². The molecule has 0 aromatic rings. The van der Waals surface area contributed by atoms with Crippen LogP contribution in [0.3, 0.4) is 0 Å². The van der Waals surface area contributed by atoms with Crippen LogP contribution in [0.15, 0.2) is 0 Å². The van der Waals surface area contributed by atoms with Gasteiger partial charge in [0.15, 0.2) is 0 Å². The second-order valence-corrected chi connectivity index (χ2v) is 4.27. The number of hydrogen-bond donors (Lipinski definition) is 3. The second kappa shape index (κ2) is 5.21. The number of carboxylic acid groups (broad SMARTS) is 1. The first-order valence-electron chi connectivity index (χ1n) is 4.50. The highest BCUT2D eigenvalue weighted by atomic mass is 32.2. The third-order valence-corrected chi connectivity index (χ3v) is 3.12. The van der Waals surface area contributed by atoms with Crippen molar-refractivity contribution in [3.05, 3.63) is 0 Å². The zero-order valence-electron chi connectivity index (χ0n) is 7.95. The molecule has 1 heterocycles. The fraction of sp³-hybridized carbons (Fsp3) is 0.750. The molecule has 0 bridgehead atoms. The van der Waals surface area contributed by atoms with Crippen molar-refractivity contribution in [3.8, 4) is 0 Å². The van der Waals surface area contributed by atoms with Crippen LogP contribution in [0.25, 0.3) is 0 Å². The minimum Gasteiger partial charge on any atom is -0.480 e. The number of hydrogen-bond acceptors (Lipinski definition) is 4. The third-order valence-electron chi connectivity index (χ3n) is 1.89. The van der Waals surface area contributed by atoms with Gasteiger partial charge in [0.1, 0.15) is 6.04 Å². The van der Waals surface area contributed by atoms with Gasteiger partial charge in [0.25, 0.3) is 0 Å². The molecule has 0 spiro atoms. The van der Waals surface area contributed by atoms with E-state index in [0.29, 0.717) is 18.7 Å². The molecule has 0 radical (unpaired) electrons. The van der Waals surface area contributed by atoms with Crippen molar-refractivity contribution in [1.29, 1.82) is 0 Å². The summed E-state index contributed by atoms with van der Waals surface area (Å²) in [6.07, 6.45) is 0.336. The normalized spacial score (nSPS) is 26.1. The van der Waals surface area contributed by atoms with Gasteiger partial charge in [-0.05, 0) is 6.92 Å². The molecule has 0 aliphatic carbocycles. The lowest BCUT2D eigenvalue weighted by Gasteiger charge is -2.09. The van der Waals surface area contributed by atoms with Crippen LogP contribution >= 0.6 is 11.8 Å². The van der Waals surface area contributed by atoms with Gasteiger partial charge in [0.2, 0.25) is 5.91 Å². The van der Waals surface area contributed by atoms with Gasteiger partial charge in [-0.3, -0.25) is 14.9 Å². The van der Waals surface area contributed by atoms with Gasteiger partial charge < -0.3 is 10.4 Å². The highest BCUT2D eigenvalue weighted by Crippen LogP contribution is 2.21. The van der Waals surface area contributed by atoms with E-state index < -0.39 is 12.0 Å². The number of aliphatic carboxylic acids is 1. The maximum atomic E-state index is 11.2. The van der Waals surface area contributed by atoms with E-state index in [1.807, 2.05) is 6.92 Å². The van der Waals surface area contributed by atoms with Crippen molar-refractivity contribution in [1.82, 2.24) is 10.6 Å². The van der Waals surface area contributed by atoms with Crippen molar-refractivity contribution in [2.24, 2.45) is 0 Å². The summed E-state index contributed by atoms with van der Waals surface area (Å²) in [6.45, 7) is 2.46. The summed E-state index contributed by atoms with van der Waals surface area (Å²) >= 11 is 1.48. The van der Waals surface area contributed by atoms with Crippen molar-refractivity contribution >= 4 is 23.6 Å². The molecule has 0 saturated carbocycles. The molecular weight excluding hydrogens is 204 g/mol. The number of carboxylic acids is 1. The van der Waals surface area contributed by atoms with Crippen LogP contribution in [-0.2, 0) is 9.59 Å². The molecule has 1 aliphatic heterocycles. The zero-order chi connectivity index (χ0) is 10.6. The van der Waals surface area contributed by atoms with Gasteiger partial charge in [-0.2, -0.15) is 0 Å². The van der Waals surface area contributed by atoms with Crippen LogP contribution in [0, 0.1) is 0 Å². The third kappa shape index (κ3) is 3.19. The minimum atomic E-state index is -0.851. The summed E-state index contributed by atoms with van der Waals surface area (Å²) in [5.74, 6) is -0.362. The Morgan fingerprint density at radius 2 is 2.36 bits per heavy atom. The standard InChI is InChI=1S/C8H14N2O3S/c1-2-9-6(11)3-7-10-5(4-14-7)8(12)13/h5,7,10H,2-4H2,1H3,(H,9,11)(H,12,13). The van der Waals surface area contributed by atoms with Crippen molar-refractivity contribution in [2.45, 2.75) is 24.8 Å². The second-order valence-electron chi connectivity index (χ2n) is 3.04. The van der Waals surface area contributed by atoms with Crippen LogP contribution in [0.2, 0.25) is 0 Å². The quantitative estimate of drug-likeness (QED) is 0.600. The number of rotatable bonds is 4. The molecule has 0 aromatic heterocycles. The largest absolute Gasteiger partial charge is 0.480 e. The Labute approximate surface area is 86.6 Å². The fourth-order valence-electron chi connectivity index (χ4n) is 1.23. The molecule has 2 atom stereocenters. The summed E-state index contributed by atoms with van der Waals surface area (Å²) < 4.78 is 0. The molecular formula is C8H14N2O3S. The van der Waals surface area contributed by atoms with Gasteiger partial charge in [-0.15, -0.1) is 11.8 Å². The minimum absolute atomic E-state index is 0.0384. The molecule has 1 aliphatic rings. The predicted molar refractivity (Wildman–Crippen MR) is 54.1 cm³/mol. The Hall–Kier alpha value is -0.750. The van der Waals surface area contributed by atoms with E-state index in [-0.39, 0.29) is 11.3 Å². The van der Waals surface area contributed by atoms with Crippen LogP contribution in [0.4, 0.5) is 0 Å². The van der Waals surface area contributed by atoms with Crippen LogP contribution in [-0.4, -0.2) is 40.7 Å². The van der Waals surface area contributed by atoms with Crippen LogP contribution in [0.1, 0.15) is 13.3 Å². The summed E-state index contributed by atoms with van der Waals surface area (Å²) in [5.41, 5.74) is 0. The Morgan fingerprint density at radius 3 is 2.86 bits per heavy atom. The molecule has 2 unspecified atom stereocenters. The first-order valence-corrected chi connectivity index (χ1v) is 5.55. The molecule has 80 valence electrons. The van der Waals surface area contributed by atoms with Gasteiger partial charge in [0, 0.05) is 12.3 Å². The van der Waals surface area contributed by atoms with E-state index in [1.54, 1.807) is 0 Å². The summed E-state index contributed by atoms with van der Waals surface area (Å²) in [7, 11) is 0. The zero-order valence-corrected chi connectivity index (χ0v) is 8.76. The van der Waals surface area contributed by atoms with Gasteiger partial charge in [-0.25, -0.2) is 0 Å². The molecule has 6 heteroatoms. The fourth-order valence-corrected chi connectivity index (χ4v) is 2.42. The van der Waals surface area contributed by atoms with Gasteiger partial charge in [0.05, 0.1) is 11.8 Å². The maximum Gasteiger partial charge on any atom is 0.321 e. The molecule has 0 aromatic carbocycles. The topological polar surface area (TPSA) is 78.4 Å². The van der Waals surface area contributed by atoms with Crippen molar-refractivity contribution in [3.63, 3.8) is 0 Å². The average molecular weight is 218 g/mol. The number of thioether (sulfide) groups is 1. The van der Waals surface area contributed by atoms with Crippen molar-refractivity contribution in [2.75, 3.05) is 12.3 Å². The first kappa shape index (κ1) is 11.3.